The second kappa shape index (κ2) is 9.16. The summed E-state index contributed by atoms with van der Waals surface area (Å²) in [6, 6.07) is 12.9. The molecule has 0 saturated carbocycles. The number of anilines is 2. The molecule has 1 aromatic carbocycles. The number of carbonyl (C=O) groups excluding carboxylic acids is 1. The Morgan fingerprint density at radius 1 is 1.23 bits per heavy atom. The van der Waals surface area contributed by atoms with Gasteiger partial charge in [-0.05, 0) is 48.6 Å². The molecule has 0 aliphatic heterocycles. The van der Waals surface area contributed by atoms with E-state index in [9.17, 15) is 9.00 Å². The molecule has 0 saturated heterocycles. The van der Waals surface area contributed by atoms with Gasteiger partial charge in [0.05, 0.1) is 34.2 Å². The molecule has 2 aromatic heterocycles. The second-order valence-corrected chi connectivity index (χ2v) is 7.11. The van der Waals surface area contributed by atoms with E-state index in [1.165, 1.54) is 7.11 Å². The maximum absolute atomic E-state index is 11.8. The predicted octanol–water partition coefficient (Wildman–Crippen LogP) is 3.32. The lowest BCUT2D eigenvalue weighted by molar-refractivity contribution is 0.177. The maximum atomic E-state index is 11.8. The van der Waals surface area contributed by atoms with E-state index in [4.69, 9.17) is 22.4 Å². The van der Waals surface area contributed by atoms with E-state index in [0.717, 1.165) is 11.2 Å². The van der Waals surface area contributed by atoms with E-state index in [0.29, 0.717) is 22.0 Å². The molecule has 0 radical (unpaired) electrons. The first-order chi connectivity index (χ1) is 12.4. The minimum Gasteiger partial charge on any atom is -0.457 e. The molecule has 2 heterocycles. The first-order valence-corrected chi connectivity index (χ1v) is 9.38. The zero-order valence-electron chi connectivity index (χ0n) is 14.3. The third-order valence-corrected chi connectivity index (χ3v) is 4.86. The van der Waals surface area contributed by atoms with Gasteiger partial charge in [-0.15, -0.1) is 0 Å². The molecule has 3 aromatic rings. The molecule has 0 aliphatic carbocycles. The number of nitrogens with two attached hydrogens (primary N) is 1. The Kier molecular flexibility index (Phi) is 6.93. The molecule has 138 valence electrons. The standard InChI is InChI=1S/C11H15N3O3S2.C6H4O/c1-3-19(16)8-6-4-5-7(9(8)12)13-10(18)14-11(15)17-2;1-2-6-4-3-5(1)7-6/h4-6H,3,12H2,1-2H3,(H2,13,14,15,18);1-4H. The van der Waals surface area contributed by atoms with Gasteiger partial charge in [-0.2, -0.15) is 0 Å². The number of nitrogens with one attached hydrogen (secondary N) is 2. The highest BCUT2D eigenvalue weighted by atomic mass is 32.2. The van der Waals surface area contributed by atoms with Gasteiger partial charge in [0.15, 0.2) is 5.11 Å². The Labute approximate surface area is 158 Å². The van der Waals surface area contributed by atoms with Crippen molar-refractivity contribution in [2.45, 2.75) is 11.8 Å². The van der Waals surface area contributed by atoms with Crippen LogP contribution in [0.4, 0.5) is 16.2 Å². The third-order valence-electron chi connectivity index (χ3n) is 3.28. The summed E-state index contributed by atoms with van der Waals surface area (Å²) in [5, 5.41) is 5.10. The Balaban J connectivity index is 0.000000282. The Morgan fingerprint density at radius 2 is 1.85 bits per heavy atom. The van der Waals surface area contributed by atoms with E-state index in [2.05, 4.69) is 15.4 Å². The zero-order chi connectivity index (χ0) is 19.1. The van der Waals surface area contributed by atoms with Crippen molar-refractivity contribution in [1.29, 1.82) is 0 Å². The highest BCUT2D eigenvalue weighted by Crippen LogP contribution is 2.25. The Bertz CT molecular complexity index is 865. The van der Waals surface area contributed by atoms with Gasteiger partial charge in [0, 0.05) is 5.75 Å². The smallest absolute Gasteiger partial charge is 0.413 e. The summed E-state index contributed by atoms with van der Waals surface area (Å²) in [6.45, 7) is 1.80. The lowest BCUT2D eigenvalue weighted by Crippen LogP contribution is -2.34. The molecular weight excluding hydrogens is 374 g/mol. The Hall–Kier alpha value is -2.65. The van der Waals surface area contributed by atoms with Crippen molar-refractivity contribution in [3.05, 3.63) is 42.5 Å². The number of hydrogen-bond donors (Lipinski definition) is 3. The zero-order valence-corrected chi connectivity index (χ0v) is 15.9. The molecule has 0 fully saturated rings. The molecule has 0 aliphatic rings. The normalized spacial score (nSPS) is 11.3. The van der Waals surface area contributed by atoms with Crippen molar-refractivity contribution in [2.75, 3.05) is 23.9 Å². The van der Waals surface area contributed by atoms with Gasteiger partial charge < -0.3 is 20.2 Å². The molecule has 26 heavy (non-hydrogen) atoms. The van der Waals surface area contributed by atoms with Crippen LogP contribution in [-0.4, -0.2) is 28.3 Å². The van der Waals surface area contributed by atoms with Crippen LogP contribution in [0.5, 0.6) is 0 Å². The average molecular weight is 393 g/mol. The van der Waals surface area contributed by atoms with Crippen molar-refractivity contribution in [3.8, 4) is 0 Å². The van der Waals surface area contributed by atoms with Crippen LogP contribution in [0.1, 0.15) is 6.92 Å². The number of thiocarbonyl (C=S) groups is 1. The summed E-state index contributed by atoms with van der Waals surface area (Å²) in [6.07, 6.45) is -0.677. The molecule has 1 amide bonds. The van der Waals surface area contributed by atoms with Crippen molar-refractivity contribution in [3.63, 3.8) is 0 Å². The SMILES string of the molecule is CCS(=O)c1cccc(NC(=S)NC(=O)OC)c1N.c1cc2ccc1o2. The van der Waals surface area contributed by atoms with Crippen LogP contribution in [0.3, 0.4) is 0 Å². The number of benzene rings is 2. The second-order valence-electron chi connectivity index (χ2n) is 5.00. The van der Waals surface area contributed by atoms with E-state index in [-0.39, 0.29) is 5.11 Å². The number of para-hydroxylation sites is 1. The van der Waals surface area contributed by atoms with Crippen molar-refractivity contribution in [1.82, 2.24) is 5.32 Å². The van der Waals surface area contributed by atoms with Crippen molar-refractivity contribution < 1.29 is 18.2 Å². The summed E-state index contributed by atoms with van der Waals surface area (Å²) in [4.78, 5) is 11.5. The molecule has 2 bridgehead atoms. The topological polar surface area (TPSA) is 107 Å². The number of alkyl carbamates (subject to hydrolysis) is 1. The monoisotopic (exact) mass is 393 g/mol. The van der Waals surface area contributed by atoms with E-state index < -0.39 is 16.9 Å². The molecular formula is C17H19N3O4S2. The molecule has 7 nitrogen and oxygen atoms in total. The van der Waals surface area contributed by atoms with Crippen LogP contribution in [0.15, 0.2) is 51.8 Å². The minimum atomic E-state index is -1.16. The van der Waals surface area contributed by atoms with Crippen LogP contribution in [0.2, 0.25) is 0 Å². The van der Waals surface area contributed by atoms with Crippen LogP contribution in [-0.2, 0) is 15.5 Å². The van der Waals surface area contributed by atoms with E-state index in [1.807, 2.05) is 24.3 Å². The number of hydrogen-bond acceptors (Lipinski definition) is 6. The fourth-order valence-corrected chi connectivity index (χ4v) is 3.11. The van der Waals surface area contributed by atoms with Crippen LogP contribution in [0, 0.1) is 0 Å². The van der Waals surface area contributed by atoms with Gasteiger partial charge in [0.25, 0.3) is 0 Å². The van der Waals surface area contributed by atoms with Gasteiger partial charge >= 0.3 is 6.09 Å². The molecule has 1 unspecified atom stereocenters. The van der Waals surface area contributed by atoms with Gasteiger partial charge in [0.1, 0.15) is 11.2 Å². The number of nitrogen functional groups attached to an aromatic ring is 1. The fraction of sp³-hybridized carbons (Fsp3) is 0.176. The molecule has 1 atom stereocenters. The first kappa shape index (κ1) is 19.7. The van der Waals surface area contributed by atoms with Crippen molar-refractivity contribution >= 4 is 56.8 Å². The average Bonchev–Trinajstić information content (AvgIpc) is 3.29. The fourth-order valence-electron chi connectivity index (χ4n) is 2.02. The third kappa shape index (κ3) is 5.17. The number of carbonyl (C=O) groups is 1. The summed E-state index contributed by atoms with van der Waals surface area (Å²) in [7, 11) is 0.0738. The Morgan fingerprint density at radius 3 is 2.31 bits per heavy atom. The van der Waals surface area contributed by atoms with Gasteiger partial charge in [-0.25, -0.2) is 4.79 Å². The number of furan rings is 2. The summed E-state index contributed by atoms with van der Waals surface area (Å²) in [5.41, 5.74) is 8.68. The number of amides is 1. The molecule has 0 spiro atoms. The minimum absolute atomic E-state index is 0.0537. The molecule has 3 rings (SSSR count). The summed E-state index contributed by atoms with van der Waals surface area (Å²) < 4.78 is 21.3. The van der Waals surface area contributed by atoms with Crippen molar-refractivity contribution in [2.24, 2.45) is 0 Å². The van der Waals surface area contributed by atoms with Gasteiger partial charge in [0.2, 0.25) is 0 Å². The number of rotatable bonds is 3. The lowest BCUT2D eigenvalue weighted by atomic mass is 10.3. The molecule has 9 heteroatoms. The highest BCUT2D eigenvalue weighted by molar-refractivity contribution is 7.85. The van der Waals surface area contributed by atoms with E-state index >= 15 is 0 Å². The predicted molar refractivity (Wildman–Crippen MR) is 107 cm³/mol. The quantitative estimate of drug-likeness (QED) is 0.463. The van der Waals surface area contributed by atoms with E-state index in [1.54, 1.807) is 25.1 Å². The lowest BCUT2D eigenvalue weighted by Gasteiger charge is -2.13. The highest BCUT2D eigenvalue weighted by Gasteiger charge is 2.11. The first-order valence-electron chi connectivity index (χ1n) is 7.65. The van der Waals surface area contributed by atoms with Crippen LogP contribution >= 0.6 is 12.2 Å². The maximum Gasteiger partial charge on any atom is 0.413 e. The van der Waals surface area contributed by atoms with Gasteiger partial charge in [-0.3, -0.25) is 9.53 Å². The summed E-state index contributed by atoms with van der Waals surface area (Å²) in [5.74, 6) is 0.471. The molecule has 4 N–H and O–H groups in total. The number of ether oxygens (including phenoxy) is 1. The largest absolute Gasteiger partial charge is 0.457 e. The summed E-state index contributed by atoms with van der Waals surface area (Å²) >= 11 is 4.92. The number of fused-ring (bicyclic) bond motifs is 2. The van der Waals surface area contributed by atoms with Crippen LogP contribution in [0.25, 0.3) is 11.2 Å². The number of methoxy groups -OCH3 is 1. The van der Waals surface area contributed by atoms with Crippen LogP contribution < -0.4 is 16.4 Å². The van der Waals surface area contributed by atoms with Gasteiger partial charge in [-0.1, -0.05) is 13.0 Å².